The fourth-order valence-electron chi connectivity index (χ4n) is 2.78. The van der Waals surface area contributed by atoms with Crippen molar-refractivity contribution in [2.24, 2.45) is 5.92 Å². The zero-order valence-corrected chi connectivity index (χ0v) is 12.2. The molecule has 108 valence electrons. The summed E-state index contributed by atoms with van der Waals surface area (Å²) in [6.07, 6.45) is 3.59. The Hall–Kier alpha value is -1.24. The van der Waals surface area contributed by atoms with E-state index in [-0.39, 0.29) is 18.7 Å². The highest BCUT2D eigenvalue weighted by Gasteiger charge is 2.23. The zero-order valence-electron chi connectivity index (χ0n) is 11.4. The average molecular weight is 294 g/mol. The smallest absolute Gasteiger partial charge is 0.262 e. The summed E-state index contributed by atoms with van der Waals surface area (Å²) < 4.78 is 1.40. The van der Waals surface area contributed by atoms with E-state index in [1.54, 1.807) is 11.3 Å². The molecule has 1 aliphatic carbocycles. The summed E-state index contributed by atoms with van der Waals surface area (Å²) in [6, 6.07) is 0. The first-order valence-electron chi connectivity index (χ1n) is 6.88. The van der Waals surface area contributed by atoms with E-state index in [2.05, 4.69) is 11.9 Å². The van der Waals surface area contributed by atoms with Gasteiger partial charge in [0.05, 0.1) is 31.0 Å². The lowest BCUT2D eigenvalue weighted by atomic mass is 9.89. The van der Waals surface area contributed by atoms with Crippen LogP contribution in [0.4, 0.5) is 0 Å². The Morgan fingerprint density at radius 2 is 2.40 bits per heavy atom. The molecule has 2 heterocycles. The Kier molecular flexibility index (Phi) is 3.62. The molecule has 2 aromatic heterocycles. The van der Waals surface area contributed by atoms with Gasteiger partial charge >= 0.3 is 0 Å². The SMILES string of the molecule is C[C@@H]1CCc2c(sc3ncn(C[C@@H](O)CO)c(=O)c23)C1. The Morgan fingerprint density at radius 3 is 3.15 bits per heavy atom. The number of nitrogens with zero attached hydrogens (tertiary/aromatic N) is 2. The second kappa shape index (κ2) is 5.27. The Balaban J connectivity index is 2.10. The Morgan fingerprint density at radius 1 is 1.60 bits per heavy atom. The van der Waals surface area contributed by atoms with Gasteiger partial charge in [0.2, 0.25) is 0 Å². The number of fused-ring (bicyclic) bond motifs is 3. The maximum Gasteiger partial charge on any atom is 0.262 e. The first-order chi connectivity index (χ1) is 9.60. The summed E-state index contributed by atoms with van der Waals surface area (Å²) in [5.41, 5.74) is 1.04. The van der Waals surface area contributed by atoms with Crippen LogP contribution in [0.15, 0.2) is 11.1 Å². The van der Waals surface area contributed by atoms with Gasteiger partial charge in [-0.25, -0.2) is 4.98 Å². The van der Waals surface area contributed by atoms with E-state index in [0.29, 0.717) is 11.3 Å². The van der Waals surface area contributed by atoms with Crippen molar-refractivity contribution in [2.75, 3.05) is 6.61 Å². The van der Waals surface area contributed by atoms with Crippen LogP contribution in [0.2, 0.25) is 0 Å². The van der Waals surface area contributed by atoms with E-state index in [9.17, 15) is 9.90 Å². The molecule has 2 N–H and O–H groups in total. The predicted octanol–water partition coefficient (Wildman–Crippen LogP) is 0.936. The van der Waals surface area contributed by atoms with Crippen molar-refractivity contribution in [1.29, 1.82) is 0 Å². The summed E-state index contributed by atoms with van der Waals surface area (Å²) in [7, 11) is 0. The molecule has 3 rings (SSSR count). The minimum atomic E-state index is -0.929. The van der Waals surface area contributed by atoms with Gasteiger partial charge < -0.3 is 10.2 Å². The van der Waals surface area contributed by atoms with Gasteiger partial charge in [-0.15, -0.1) is 11.3 Å². The number of hydrogen-bond acceptors (Lipinski definition) is 5. The Labute approximate surface area is 120 Å². The molecule has 2 atom stereocenters. The van der Waals surface area contributed by atoms with Crippen LogP contribution in [0.5, 0.6) is 0 Å². The molecule has 0 amide bonds. The standard InChI is InChI=1S/C14H18N2O3S/c1-8-2-3-10-11(4-8)20-13-12(10)14(19)16(7-15-13)5-9(18)6-17/h7-9,17-18H,2-6H2,1H3/t8-,9-/m1/s1. The molecule has 6 heteroatoms. The average Bonchev–Trinajstić information content (AvgIpc) is 2.79. The Bertz CT molecular complexity index is 692. The highest BCUT2D eigenvalue weighted by atomic mass is 32.1. The number of aliphatic hydroxyl groups excluding tert-OH is 2. The molecule has 0 aliphatic heterocycles. The lowest BCUT2D eigenvalue weighted by Crippen LogP contribution is -2.29. The van der Waals surface area contributed by atoms with Crippen LogP contribution in [0.1, 0.15) is 23.8 Å². The summed E-state index contributed by atoms with van der Waals surface area (Å²) in [5.74, 6) is 0.661. The summed E-state index contributed by atoms with van der Waals surface area (Å²) in [4.78, 5) is 19.0. The van der Waals surface area contributed by atoms with Gasteiger partial charge in [0, 0.05) is 4.88 Å². The highest BCUT2D eigenvalue weighted by molar-refractivity contribution is 7.18. The summed E-state index contributed by atoms with van der Waals surface area (Å²) in [5, 5.41) is 19.1. The van der Waals surface area contributed by atoms with Crippen molar-refractivity contribution in [2.45, 2.75) is 38.8 Å². The van der Waals surface area contributed by atoms with Crippen molar-refractivity contribution in [1.82, 2.24) is 9.55 Å². The second-order valence-electron chi connectivity index (χ2n) is 5.57. The van der Waals surface area contributed by atoms with Gasteiger partial charge in [-0.05, 0) is 30.7 Å². The molecule has 0 saturated carbocycles. The third-order valence-electron chi connectivity index (χ3n) is 3.90. The van der Waals surface area contributed by atoms with Gasteiger partial charge in [-0.2, -0.15) is 0 Å². The van der Waals surface area contributed by atoms with Crippen LogP contribution in [-0.4, -0.2) is 32.5 Å². The molecule has 2 aromatic rings. The van der Waals surface area contributed by atoms with Gasteiger partial charge in [0.1, 0.15) is 4.83 Å². The third-order valence-corrected chi connectivity index (χ3v) is 5.06. The minimum absolute atomic E-state index is 0.0826. The number of aliphatic hydroxyl groups is 2. The number of aromatic nitrogens is 2. The zero-order chi connectivity index (χ0) is 14.3. The lowest BCUT2D eigenvalue weighted by molar-refractivity contribution is 0.0803. The fourth-order valence-corrected chi connectivity index (χ4v) is 4.12. The topological polar surface area (TPSA) is 75.3 Å². The second-order valence-corrected chi connectivity index (χ2v) is 6.65. The van der Waals surface area contributed by atoms with E-state index in [4.69, 9.17) is 5.11 Å². The van der Waals surface area contributed by atoms with Crippen molar-refractivity contribution in [3.8, 4) is 0 Å². The van der Waals surface area contributed by atoms with Gasteiger partial charge in [-0.3, -0.25) is 9.36 Å². The highest BCUT2D eigenvalue weighted by Crippen LogP contribution is 2.35. The predicted molar refractivity (Wildman–Crippen MR) is 78.2 cm³/mol. The number of hydrogen-bond donors (Lipinski definition) is 2. The minimum Gasteiger partial charge on any atom is -0.394 e. The first-order valence-corrected chi connectivity index (χ1v) is 7.70. The van der Waals surface area contributed by atoms with Gasteiger partial charge in [0.25, 0.3) is 5.56 Å². The van der Waals surface area contributed by atoms with E-state index in [1.807, 2.05) is 0 Å². The first kappa shape index (κ1) is 13.7. The number of rotatable bonds is 3. The van der Waals surface area contributed by atoms with Crippen molar-refractivity contribution >= 4 is 21.6 Å². The molecule has 20 heavy (non-hydrogen) atoms. The van der Waals surface area contributed by atoms with Gasteiger partial charge in [0.15, 0.2) is 0 Å². The molecule has 0 spiro atoms. The molecule has 0 bridgehead atoms. The van der Waals surface area contributed by atoms with E-state index in [1.165, 1.54) is 15.8 Å². The number of thiophene rings is 1. The fraction of sp³-hybridized carbons (Fsp3) is 0.571. The number of aryl methyl sites for hydroxylation is 1. The largest absolute Gasteiger partial charge is 0.394 e. The van der Waals surface area contributed by atoms with E-state index in [0.717, 1.165) is 29.7 Å². The van der Waals surface area contributed by atoms with Crippen molar-refractivity contribution in [3.63, 3.8) is 0 Å². The summed E-state index contributed by atoms with van der Waals surface area (Å²) >= 11 is 1.61. The molecule has 0 radical (unpaired) electrons. The molecule has 0 saturated heterocycles. The molecule has 0 fully saturated rings. The van der Waals surface area contributed by atoms with Crippen molar-refractivity contribution < 1.29 is 10.2 Å². The molecular weight excluding hydrogens is 276 g/mol. The molecule has 1 aliphatic rings. The van der Waals surface area contributed by atoms with Crippen LogP contribution in [0.25, 0.3) is 10.2 Å². The van der Waals surface area contributed by atoms with Crippen LogP contribution < -0.4 is 5.56 Å². The van der Waals surface area contributed by atoms with Crippen LogP contribution in [-0.2, 0) is 19.4 Å². The van der Waals surface area contributed by atoms with Crippen molar-refractivity contribution in [3.05, 3.63) is 27.1 Å². The molecule has 0 aromatic carbocycles. The maximum absolute atomic E-state index is 12.5. The monoisotopic (exact) mass is 294 g/mol. The maximum atomic E-state index is 12.5. The molecule has 5 nitrogen and oxygen atoms in total. The van der Waals surface area contributed by atoms with Gasteiger partial charge in [-0.1, -0.05) is 6.92 Å². The molecular formula is C14H18N2O3S. The van der Waals surface area contributed by atoms with Crippen LogP contribution in [0.3, 0.4) is 0 Å². The van der Waals surface area contributed by atoms with E-state index >= 15 is 0 Å². The lowest BCUT2D eigenvalue weighted by Gasteiger charge is -2.17. The quantitative estimate of drug-likeness (QED) is 0.883. The third kappa shape index (κ3) is 2.28. The molecule has 0 unspecified atom stereocenters. The van der Waals surface area contributed by atoms with Crippen LogP contribution in [0, 0.1) is 5.92 Å². The normalized spacial score (nSPS) is 20.1. The van der Waals surface area contributed by atoms with E-state index < -0.39 is 6.10 Å². The summed E-state index contributed by atoms with van der Waals surface area (Å²) in [6.45, 7) is 1.96. The van der Waals surface area contributed by atoms with Crippen LogP contribution >= 0.6 is 11.3 Å².